The van der Waals surface area contributed by atoms with Gasteiger partial charge >= 0.3 is 11.6 Å². The van der Waals surface area contributed by atoms with Crippen molar-refractivity contribution >= 4 is 44.3 Å². The molecule has 0 unspecified atom stereocenters. The van der Waals surface area contributed by atoms with Crippen molar-refractivity contribution < 1.29 is 18.5 Å². The number of aliphatic hydroxyl groups excluding tert-OH is 1. The standard InChI is InChI=1S/C20H21N7O3S/c1-31(29,30)27-16-8-4-7-15(9-16)24-20-25-18(17-19(26-20)23-12-22-17)21-10-13-5-2-3-6-14(13)11-28/h2-9,12,27-28H,10-11H2,1H3,(H3,21,22,23,24,25,26)/p+1. The van der Waals surface area contributed by atoms with E-state index in [1.807, 2.05) is 24.3 Å². The van der Waals surface area contributed by atoms with Crippen LogP contribution in [-0.4, -0.2) is 34.7 Å². The first-order valence-electron chi connectivity index (χ1n) is 9.44. The van der Waals surface area contributed by atoms with Crippen LogP contribution in [0.4, 0.5) is 23.1 Å². The van der Waals surface area contributed by atoms with Gasteiger partial charge < -0.3 is 15.7 Å². The minimum absolute atomic E-state index is 0.0437. The number of rotatable bonds is 8. The Morgan fingerprint density at radius 2 is 1.84 bits per heavy atom. The number of H-pyrrole nitrogens is 2. The van der Waals surface area contributed by atoms with Crippen LogP contribution >= 0.6 is 0 Å². The predicted molar refractivity (Wildman–Crippen MR) is 118 cm³/mol. The lowest BCUT2D eigenvalue weighted by atomic mass is 10.1. The van der Waals surface area contributed by atoms with Crippen molar-refractivity contribution in [3.63, 3.8) is 0 Å². The van der Waals surface area contributed by atoms with Gasteiger partial charge in [0.25, 0.3) is 0 Å². The first-order chi connectivity index (χ1) is 14.9. The van der Waals surface area contributed by atoms with Gasteiger partial charge in [0.05, 0.1) is 18.6 Å². The number of aromatic nitrogens is 4. The fourth-order valence-electron chi connectivity index (χ4n) is 3.13. The number of sulfonamides is 1. The second-order valence-electron chi connectivity index (χ2n) is 6.91. The lowest BCUT2D eigenvalue weighted by Gasteiger charge is -2.10. The molecule has 0 spiro atoms. The molecule has 0 aliphatic rings. The molecule has 0 saturated heterocycles. The van der Waals surface area contributed by atoms with Crippen LogP contribution in [0.3, 0.4) is 0 Å². The number of fused-ring (bicyclic) bond motifs is 1. The molecule has 11 heteroatoms. The fraction of sp³-hybridized carbons (Fsp3) is 0.150. The average molecular weight is 441 g/mol. The van der Waals surface area contributed by atoms with Gasteiger partial charge in [-0.1, -0.05) is 35.3 Å². The monoisotopic (exact) mass is 440 g/mol. The molecule has 4 rings (SSSR count). The van der Waals surface area contributed by atoms with E-state index >= 15 is 0 Å². The zero-order valence-corrected chi connectivity index (χ0v) is 17.5. The van der Waals surface area contributed by atoms with Gasteiger partial charge in [0, 0.05) is 12.2 Å². The van der Waals surface area contributed by atoms with Crippen LogP contribution in [0.5, 0.6) is 0 Å². The number of hydrogen-bond acceptors (Lipinski definition) is 7. The second kappa shape index (κ2) is 8.58. The van der Waals surface area contributed by atoms with Crippen LogP contribution in [0.15, 0.2) is 54.9 Å². The van der Waals surface area contributed by atoms with Crippen LogP contribution in [0.25, 0.3) is 11.2 Å². The van der Waals surface area contributed by atoms with Gasteiger partial charge in [-0.3, -0.25) is 9.71 Å². The number of anilines is 4. The number of benzene rings is 2. The van der Waals surface area contributed by atoms with Gasteiger partial charge in [0.1, 0.15) is 0 Å². The van der Waals surface area contributed by atoms with Gasteiger partial charge in [-0.25, -0.2) is 13.4 Å². The summed E-state index contributed by atoms with van der Waals surface area (Å²) in [5.74, 6) is 0.907. The quantitative estimate of drug-likeness (QED) is 0.282. The van der Waals surface area contributed by atoms with Crippen molar-refractivity contribution in [2.75, 3.05) is 21.6 Å². The van der Waals surface area contributed by atoms with Crippen LogP contribution in [0.2, 0.25) is 0 Å². The summed E-state index contributed by atoms with van der Waals surface area (Å²) < 4.78 is 25.4. The van der Waals surface area contributed by atoms with E-state index in [2.05, 4.69) is 35.3 Å². The lowest BCUT2D eigenvalue weighted by molar-refractivity contribution is -0.347. The third-order valence-electron chi connectivity index (χ3n) is 4.49. The Morgan fingerprint density at radius 1 is 1.06 bits per heavy atom. The number of hydrogen-bond donors (Lipinski definition) is 5. The molecule has 0 saturated carbocycles. The first-order valence-corrected chi connectivity index (χ1v) is 11.3. The third-order valence-corrected chi connectivity index (χ3v) is 5.10. The number of imidazole rings is 1. The highest BCUT2D eigenvalue weighted by Gasteiger charge is 2.16. The molecule has 2 aromatic carbocycles. The molecule has 31 heavy (non-hydrogen) atoms. The topological polar surface area (TPSA) is 146 Å². The highest BCUT2D eigenvalue weighted by molar-refractivity contribution is 7.92. The van der Waals surface area contributed by atoms with Crippen molar-refractivity contribution in [3.05, 3.63) is 66.0 Å². The highest BCUT2D eigenvalue weighted by atomic mass is 32.2. The Kier molecular flexibility index (Phi) is 5.69. The molecule has 0 aliphatic carbocycles. The fourth-order valence-corrected chi connectivity index (χ4v) is 3.68. The van der Waals surface area contributed by atoms with E-state index in [0.717, 1.165) is 17.4 Å². The number of aliphatic hydroxyl groups is 1. The number of nitrogens with zero attached hydrogens (tertiary/aromatic N) is 2. The van der Waals surface area contributed by atoms with Gasteiger partial charge in [0.2, 0.25) is 15.5 Å². The Balaban J connectivity index is 1.59. The molecule has 4 aromatic rings. The molecule has 6 N–H and O–H groups in total. The third kappa shape index (κ3) is 5.08. The number of nitrogens with one attached hydrogen (secondary N) is 5. The summed E-state index contributed by atoms with van der Waals surface area (Å²) in [5.41, 5.74) is 4.16. The first kappa shape index (κ1) is 20.6. The summed E-state index contributed by atoms with van der Waals surface area (Å²) >= 11 is 0. The van der Waals surface area contributed by atoms with Crippen LogP contribution in [-0.2, 0) is 23.2 Å². The van der Waals surface area contributed by atoms with E-state index < -0.39 is 10.0 Å². The smallest absolute Gasteiger partial charge is 0.307 e. The molecule has 0 bridgehead atoms. The van der Waals surface area contributed by atoms with Crippen molar-refractivity contribution in [1.82, 2.24) is 15.0 Å². The SMILES string of the molecule is CS(=O)(=O)Nc1cccc(Nc2nc(NCc3ccccc3CO)c3[nH]c[nH+]c3n2)c1. The highest BCUT2D eigenvalue weighted by Crippen LogP contribution is 2.23. The maximum atomic E-state index is 11.5. The van der Waals surface area contributed by atoms with Crippen molar-refractivity contribution in [2.45, 2.75) is 13.2 Å². The molecule has 0 atom stereocenters. The van der Waals surface area contributed by atoms with Gasteiger partial charge in [-0.15, -0.1) is 0 Å². The van der Waals surface area contributed by atoms with Crippen LogP contribution in [0.1, 0.15) is 11.1 Å². The Morgan fingerprint density at radius 3 is 2.61 bits per heavy atom. The minimum atomic E-state index is -3.38. The molecular formula is C20H22N7O3S+. The largest absolute Gasteiger partial charge is 0.392 e. The maximum absolute atomic E-state index is 11.5. The van der Waals surface area contributed by atoms with Crippen molar-refractivity contribution in [2.24, 2.45) is 0 Å². The molecule has 160 valence electrons. The Labute approximate surface area is 178 Å². The second-order valence-corrected chi connectivity index (χ2v) is 8.66. The van der Waals surface area contributed by atoms with E-state index in [4.69, 9.17) is 0 Å². The minimum Gasteiger partial charge on any atom is -0.392 e. The van der Waals surface area contributed by atoms with E-state index in [1.54, 1.807) is 30.6 Å². The zero-order valence-electron chi connectivity index (χ0n) is 16.7. The summed E-state index contributed by atoms with van der Waals surface area (Å²) in [5, 5.41) is 15.9. The van der Waals surface area contributed by atoms with Crippen molar-refractivity contribution in [1.29, 1.82) is 0 Å². The van der Waals surface area contributed by atoms with Gasteiger partial charge in [-0.2, -0.15) is 4.98 Å². The Bertz CT molecular complexity index is 1320. The molecule has 0 amide bonds. The molecule has 0 aliphatic heterocycles. The molecular weight excluding hydrogens is 418 g/mol. The summed E-state index contributed by atoms with van der Waals surface area (Å²) in [6.45, 7) is 0.424. The summed E-state index contributed by atoms with van der Waals surface area (Å²) in [6, 6.07) is 14.4. The predicted octanol–water partition coefficient (Wildman–Crippen LogP) is 1.99. The summed E-state index contributed by atoms with van der Waals surface area (Å²) in [7, 11) is -3.38. The zero-order chi connectivity index (χ0) is 21.8. The Hall–Kier alpha value is -3.70. The van der Waals surface area contributed by atoms with E-state index in [1.165, 1.54) is 0 Å². The molecule has 0 radical (unpaired) electrons. The van der Waals surface area contributed by atoms with Gasteiger partial charge in [0.15, 0.2) is 12.1 Å². The van der Waals surface area contributed by atoms with Gasteiger partial charge in [-0.05, 0) is 29.3 Å². The molecule has 2 aromatic heterocycles. The normalized spacial score (nSPS) is 11.4. The summed E-state index contributed by atoms with van der Waals surface area (Å²) in [6.07, 6.45) is 2.76. The van der Waals surface area contributed by atoms with E-state index in [0.29, 0.717) is 40.8 Å². The van der Waals surface area contributed by atoms with E-state index in [-0.39, 0.29) is 6.61 Å². The number of aromatic amines is 2. The van der Waals surface area contributed by atoms with Crippen LogP contribution in [0, 0.1) is 0 Å². The lowest BCUT2D eigenvalue weighted by Crippen LogP contribution is -2.10. The van der Waals surface area contributed by atoms with Crippen molar-refractivity contribution in [3.8, 4) is 0 Å². The van der Waals surface area contributed by atoms with Crippen LogP contribution < -0.4 is 20.3 Å². The summed E-state index contributed by atoms with van der Waals surface area (Å²) in [4.78, 5) is 15.1. The molecule has 10 nitrogen and oxygen atoms in total. The average Bonchev–Trinajstić information content (AvgIpc) is 3.20. The maximum Gasteiger partial charge on any atom is 0.307 e. The molecule has 2 heterocycles. The van der Waals surface area contributed by atoms with E-state index in [9.17, 15) is 13.5 Å². The molecule has 0 fully saturated rings.